The second-order valence-electron chi connectivity index (χ2n) is 4.94. The van der Waals surface area contributed by atoms with Crippen molar-refractivity contribution in [3.05, 3.63) is 0 Å². The highest BCUT2D eigenvalue weighted by molar-refractivity contribution is 6.09. The molecule has 0 radical (unpaired) electrons. The number of Topliss-reactive ketones (excluding diaryl/α,β-unsaturated/α-hetero) is 2. The minimum Gasteiger partial charge on any atom is -0.373 e. The molecular weight excluding hydrogens is 180 g/mol. The summed E-state index contributed by atoms with van der Waals surface area (Å²) in [6, 6.07) is 0. The van der Waals surface area contributed by atoms with Crippen molar-refractivity contribution in [1.82, 2.24) is 0 Å². The summed E-state index contributed by atoms with van der Waals surface area (Å²) >= 11 is 0. The van der Waals surface area contributed by atoms with Crippen LogP contribution in [0, 0.1) is 23.7 Å². The summed E-state index contributed by atoms with van der Waals surface area (Å²) < 4.78 is 5.76. The van der Waals surface area contributed by atoms with Crippen LogP contribution in [0.1, 0.15) is 20.3 Å². The number of rotatable bonds is 0. The molecule has 0 aromatic heterocycles. The molecular formula is C11H14O3. The first kappa shape index (κ1) is 8.60. The number of fused-ring (bicyclic) bond motifs is 5. The van der Waals surface area contributed by atoms with Crippen LogP contribution in [0.4, 0.5) is 0 Å². The molecule has 0 aromatic carbocycles. The van der Waals surface area contributed by atoms with Gasteiger partial charge in [0.1, 0.15) is 11.6 Å². The molecule has 2 aliphatic heterocycles. The smallest absolute Gasteiger partial charge is 0.146 e. The van der Waals surface area contributed by atoms with Crippen LogP contribution in [0.15, 0.2) is 0 Å². The number of ether oxygens (including phenoxy) is 1. The van der Waals surface area contributed by atoms with Crippen molar-refractivity contribution >= 4 is 11.6 Å². The monoisotopic (exact) mass is 194 g/mol. The van der Waals surface area contributed by atoms with Crippen LogP contribution >= 0.6 is 0 Å². The van der Waals surface area contributed by atoms with Gasteiger partial charge in [-0.25, -0.2) is 0 Å². The Morgan fingerprint density at radius 1 is 1.00 bits per heavy atom. The lowest BCUT2D eigenvalue weighted by molar-refractivity contribution is -0.125. The van der Waals surface area contributed by atoms with Gasteiger partial charge in [0.15, 0.2) is 0 Å². The third-order valence-corrected chi connectivity index (χ3v) is 4.37. The second-order valence-corrected chi connectivity index (χ2v) is 4.94. The van der Waals surface area contributed by atoms with E-state index in [9.17, 15) is 9.59 Å². The maximum atomic E-state index is 11.6. The Labute approximate surface area is 82.8 Å². The van der Waals surface area contributed by atoms with Crippen molar-refractivity contribution < 1.29 is 14.3 Å². The average Bonchev–Trinajstić information content (AvgIpc) is 2.71. The number of hydrogen-bond acceptors (Lipinski definition) is 3. The van der Waals surface area contributed by atoms with E-state index in [0.29, 0.717) is 11.8 Å². The van der Waals surface area contributed by atoms with Crippen LogP contribution in [-0.4, -0.2) is 23.8 Å². The molecule has 1 saturated carbocycles. The molecule has 2 heterocycles. The van der Waals surface area contributed by atoms with Crippen molar-refractivity contribution in [3.8, 4) is 0 Å². The molecule has 3 rings (SSSR count). The van der Waals surface area contributed by atoms with E-state index in [-0.39, 0.29) is 42.0 Å². The summed E-state index contributed by atoms with van der Waals surface area (Å²) in [4.78, 5) is 23.2. The maximum Gasteiger partial charge on any atom is 0.146 e. The highest BCUT2D eigenvalue weighted by atomic mass is 16.5. The van der Waals surface area contributed by atoms with Crippen molar-refractivity contribution in [2.24, 2.45) is 23.7 Å². The normalized spacial score (nSPS) is 55.6. The fraction of sp³-hybridized carbons (Fsp3) is 0.818. The van der Waals surface area contributed by atoms with E-state index in [1.807, 2.05) is 0 Å². The summed E-state index contributed by atoms with van der Waals surface area (Å²) in [5, 5.41) is 0. The molecule has 3 heteroatoms. The minimum absolute atomic E-state index is 0.0268. The van der Waals surface area contributed by atoms with Crippen LogP contribution in [0.3, 0.4) is 0 Å². The molecule has 3 fully saturated rings. The van der Waals surface area contributed by atoms with Gasteiger partial charge in [0, 0.05) is 0 Å². The average molecular weight is 194 g/mol. The van der Waals surface area contributed by atoms with Gasteiger partial charge in [0.2, 0.25) is 0 Å². The van der Waals surface area contributed by atoms with E-state index in [2.05, 4.69) is 13.8 Å². The molecule has 2 bridgehead atoms. The van der Waals surface area contributed by atoms with E-state index in [1.54, 1.807) is 0 Å². The Bertz CT molecular complexity index is 292. The summed E-state index contributed by atoms with van der Waals surface area (Å²) in [5.41, 5.74) is 0. The first-order valence-electron chi connectivity index (χ1n) is 5.32. The van der Waals surface area contributed by atoms with Crippen LogP contribution < -0.4 is 0 Å². The quantitative estimate of drug-likeness (QED) is 0.536. The number of carbonyl (C=O) groups excluding carboxylic acids is 2. The first-order valence-corrected chi connectivity index (χ1v) is 5.32. The molecule has 76 valence electrons. The molecule has 1 aliphatic carbocycles. The molecule has 2 saturated heterocycles. The molecule has 3 aliphatic rings. The van der Waals surface area contributed by atoms with Crippen LogP contribution in [0.5, 0.6) is 0 Å². The lowest BCUT2D eigenvalue weighted by Gasteiger charge is -2.28. The summed E-state index contributed by atoms with van der Waals surface area (Å²) in [5.74, 6) is 0.891. The molecule has 6 unspecified atom stereocenters. The van der Waals surface area contributed by atoms with E-state index < -0.39 is 0 Å². The maximum absolute atomic E-state index is 11.6. The highest BCUT2D eigenvalue weighted by Gasteiger charge is 2.63. The predicted octanol–water partition coefficient (Wildman–Crippen LogP) is 0.814. The van der Waals surface area contributed by atoms with Gasteiger partial charge in [0.05, 0.1) is 30.5 Å². The summed E-state index contributed by atoms with van der Waals surface area (Å²) in [6.07, 6.45) is 0.211. The van der Waals surface area contributed by atoms with Gasteiger partial charge in [-0.1, -0.05) is 13.8 Å². The largest absolute Gasteiger partial charge is 0.373 e. The summed E-state index contributed by atoms with van der Waals surface area (Å²) in [7, 11) is 0. The first-order chi connectivity index (χ1) is 6.61. The number of carbonyl (C=O) groups is 2. The molecule has 6 atom stereocenters. The summed E-state index contributed by atoms with van der Waals surface area (Å²) in [6.45, 7) is 4.25. The molecule has 0 N–H and O–H groups in total. The van der Waals surface area contributed by atoms with Gasteiger partial charge in [-0.3, -0.25) is 9.59 Å². The van der Waals surface area contributed by atoms with E-state index >= 15 is 0 Å². The fourth-order valence-corrected chi connectivity index (χ4v) is 3.43. The van der Waals surface area contributed by atoms with Gasteiger partial charge in [-0.15, -0.1) is 0 Å². The van der Waals surface area contributed by atoms with Crippen LogP contribution in [0.2, 0.25) is 0 Å². The molecule has 3 nitrogen and oxygen atoms in total. The number of ketones is 2. The molecule has 14 heavy (non-hydrogen) atoms. The van der Waals surface area contributed by atoms with E-state index in [1.165, 1.54) is 0 Å². The third-order valence-electron chi connectivity index (χ3n) is 4.37. The van der Waals surface area contributed by atoms with Crippen LogP contribution in [-0.2, 0) is 14.3 Å². The zero-order chi connectivity index (χ0) is 10.0. The Morgan fingerprint density at radius 2 is 1.43 bits per heavy atom. The Morgan fingerprint density at radius 3 is 1.86 bits per heavy atom. The van der Waals surface area contributed by atoms with Gasteiger partial charge >= 0.3 is 0 Å². The van der Waals surface area contributed by atoms with E-state index in [4.69, 9.17) is 4.74 Å². The third kappa shape index (κ3) is 0.776. The molecule has 0 aromatic rings. The zero-order valence-electron chi connectivity index (χ0n) is 8.40. The van der Waals surface area contributed by atoms with Crippen molar-refractivity contribution in [2.75, 3.05) is 0 Å². The topological polar surface area (TPSA) is 43.4 Å². The Hall–Kier alpha value is -0.700. The van der Waals surface area contributed by atoms with Gasteiger partial charge in [-0.2, -0.15) is 0 Å². The van der Waals surface area contributed by atoms with E-state index in [0.717, 1.165) is 0 Å². The SMILES string of the molecule is CC1C(C)C2OC1C1C(=O)CC(=O)C21. The Kier molecular flexibility index (Phi) is 1.51. The minimum atomic E-state index is -0.0984. The predicted molar refractivity (Wildman–Crippen MR) is 48.6 cm³/mol. The van der Waals surface area contributed by atoms with Crippen molar-refractivity contribution in [3.63, 3.8) is 0 Å². The van der Waals surface area contributed by atoms with Crippen molar-refractivity contribution in [2.45, 2.75) is 32.5 Å². The zero-order valence-corrected chi connectivity index (χ0v) is 8.40. The fourth-order valence-electron chi connectivity index (χ4n) is 3.43. The Balaban J connectivity index is 2.01. The lowest BCUT2D eigenvalue weighted by Crippen LogP contribution is -2.38. The van der Waals surface area contributed by atoms with Gasteiger partial charge in [-0.05, 0) is 11.8 Å². The highest BCUT2D eigenvalue weighted by Crippen LogP contribution is 2.53. The van der Waals surface area contributed by atoms with Gasteiger partial charge in [0.25, 0.3) is 0 Å². The van der Waals surface area contributed by atoms with Crippen LogP contribution in [0.25, 0.3) is 0 Å². The molecule has 0 amide bonds. The van der Waals surface area contributed by atoms with Gasteiger partial charge < -0.3 is 4.74 Å². The second kappa shape index (κ2) is 2.45. The standard InChI is InChI=1S/C11H14O3/c1-4-5(2)11-9-7(13)3-6(12)8(9)10(4)14-11/h4-5,8-11H,3H2,1-2H3. The lowest BCUT2D eigenvalue weighted by atomic mass is 9.70. The van der Waals surface area contributed by atoms with Crippen molar-refractivity contribution in [1.29, 1.82) is 0 Å². The molecule has 0 spiro atoms. The number of hydrogen-bond donors (Lipinski definition) is 0.